The highest BCUT2D eigenvalue weighted by molar-refractivity contribution is 6.67. The van der Waals surface area contributed by atoms with Crippen LogP contribution in [0.3, 0.4) is 0 Å². The molecule has 0 radical (unpaired) electrons. The molecule has 0 saturated heterocycles. The first-order valence-corrected chi connectivity index (χ1v) is 4.13. The minimum atomic E-state index is -1.58. The van der Waals surface area contributed by atoms with Crippen LogP contribution in [0.2, 0.25) is 0 Å². The Hall–Kier alpha value is 0.140. The number of hydrogen-bond acceptors (Lipinski definition) is 1. The van der Waals surface area contributed by atoms with Gasteiger partial charge in [0, 0.05) is 6.04 Å². The summed E-state index contributed by atoms with van der Waals surface area (Å²) in [5.74, 6) is 0.125. The van der Waals surface area contributed by atoms with Gasteiger partial charge in [0.05, 0.1) is 0 Å². The summed E-state index contributed by atoms with van der Waals surface area (Å²) in [4.78, 5) is 3.89. The number of hydrogen-bond donors (Lipinski definition) is 2. The van der Waals surface area contributed by atoms with E-state index in [1.54, 1.807) is 0 Å². The van der Waals surface area contributed by atoms with Gasteiger partial charge in [-0.3, -0.25) is 4.99 Å². The predicted octanol–water partition coefficient (Wildman–Crippen LogP) is 1.63. The van der Waals surface area contributed by atoms with Crippen molar-refractivity contribution >= 4 is 40.8 Å². The molecule has 0 aliphatic heterocycles. The van der Waals surface area contributed by atoms with E-state index in [4.69, 9.17) is 40.5 Å². The van der Waals surface area contributed by atoms with Crippen molar-refractivity contribution in [2.75, 3.05) is 0 Å². The smallest absolute Gasteiger partial charge is 0.268 e. The van der Waals surface area contributed by atoms with Gasteiger partial charge in [0.1, 0.15) is 0 Å². The molecule has 6 heteroatoms. The number of halogens is 3. The summed E-state index contributed by atoms with van der Waals surface area (Å²) in [7, 11) is 0. The van der Waals surface area contributed by atoms with Crippen LogP contribution in [-0.4, -0.2) is 15.9 Å². The summed E-state index contributed by atoms with van der Waals surface area (Å²) in [6.45, 7) is 3.74. The van der Waals surface area contributed by atoms with Crippen LogP contribution in [0.4, 0.5) is 0 Å². The van der Waals surface area contributed by atoms with Gasteiger partial charge in [-0.25, -0.2) is 0 Å². The number of alkyl halides is 3. The highest BCUT2D eigenvalue weighted by Gasteiger charge is 2.19. The first kappa shape index (κ1) is 11.1. The van der Waals surface area contributed by atoms with Crippen molar-refractivity contribution in [2.45, 2.75) is 23.8 Å². The maximum absolute atomic E-state index is 5.37. The molecule has 0 amide bonds. The third-order valence-corrected chi connectivity index (χ3v) is 0.951. The number of aliphatic imine (C=N–C) groups is 1. The van der Waals surface area contributed by atoms with Crippen LogP contribution in [0.5, 0.6) is 0 Å². The average molecular weight is 219 g/mol. The molecule has 0 fully saturated rings. The standard InChI is InChI=1S/C5H10Cl3N3/c1-3(2)10-4(9)11-5(6,7)8/h3H,1-2H3,(H3,9,10,11). The lowest BCUT2D eigenvalue weighted by molar-refractivity contribution is 0.811. The van der Waals surface area contributed by atoms with Gasteiger partial charge in [0.2, 0.25) is 0 Å². The quantitative estimate of drug-likeness (QED) is 0.304. The fourth-order valence-electron chi connectivity index (χ4n) is 0.456. The lowest BCUT2D eigenvalue weighted by Crippen LogP contribution is -2.40. The molecule has 11 heavy (non-hydrogen) atoms. The van der Waals surface area contributed by atoms with Crippen LogP contribution < -0.4 is 11.1 Å². The van der Waals surface area contributed by atoms with Crippen LogP contribution in [0, 0.1) is 0 Å². The molecule has 0 spiro atoms. The summed E-state index contributed by atoms with van der Waals surface area (Å²) in [6.07, 6.45) is 0. The molecule has 0 aromatic rings. The first-order chi connectivity index (χ1) is 4.81. The van der Waals surface area contributed by atoms with E-state index in [1.807, 2.05) is 13.8 Å². The van der Waals surface area contributed by atoms with Crippen molar-refractivity contribution in [1.29, 1.82) is 0 Å². The molecular formula is C5H10Cl3N3. The van der Waals surface area contributed by atoms with Gasteiger partial charge in [-0.1, -0.05) is 34.8 Å². The molecule has 0 aliphatic rings. The van der Waals surface area contributed by atoms with Gasteiger partial charge >= 0.3 is 0 Å². The van der Waals surface area contributed by atoms with E-state index in [1.165, 1.54) is 0 Å². The Morgan fingerprint density at radius 2 is 1.91 bits per heavy atom. The minimum Gasteiger partial charge on any atom is -0.370 e. The summed E-state index contributed by atoms with van der Waals surface area (Å²) in [5, 5.41) is 2.37. The molecule has 0 aromatic heterocycles. The van der Waals surface area contributed by atoms with E-state index in [-0.39, 0.29) is 12.0 Å². The second kappa shape index (κ2) is 4.24. The fraction of sp³-hybridized carbons (Fsp3) is 0.800. The molecule has 0 aliphatic carbocycles. The van der Waals surface area contributed by atoms with Gasteiger partial charge in [0.25, 0.3) is 3.92 Å². The van der Waals surface area contributed by atoms with Crippen molar-refractivity contribution in [2.24, 2.45) is 10.7 Å². The normalized spacial score (nSPS) is 13.8. The van der Waals surface area contributed by atoms with E-state index in [9.17, 15) is 0 Å². The van der Waals surface area contributed by atoms with E-state index in [2.05, 4.69) is 10.3 Å². The fourth-order valence-corrected chi connectivity index (χ4v) is 0.746. The van der Waals surface area contributed by atoms with E-state index in [0.717, 1.165) is 0 Å². The van der Waals surface area contributed by atoms with Crippen LogP contribution in [0.15, 0.2) is 4.99 Å². The Morgan fingerprint density at radius 3 is 2.18 bits per heavy atom. The molecule has 3 N–H and O–H groups in total. The molecular weight excluding hydrogens is 208 g/mol. The lowest BCUT2D eigenvalue weighted by atomic mass is 10.4. The van der Waals surface area contributed by atoms with Gasteiger partial charge in [-0.2, -0.15) is 0 Å². The molecule has 0 rings (SSSR count). The second-order valence-corrected chi connectivity index (χ2v) is 4.51. The SMILES string of the molecule is CC(C)N=C(N)NC(Cl)(Cl)Cl. The van der Waals surface area contributed by atoms with Crippen molar-refractivity contribution < 1.29 is 0 Å². The number of nitrogens with zero attached hydrogens (tertiary/aromatic N) is 1. The minimum absolute atomic E-state index is 0.0786. The topological polar surface area (TPSA) is 50.4 Å². The highest BCUT2D eigenvalue weighted by atomic mass is 35.6. The Labute approximate surface area is 80.9 Å². The zero-order chi connectivity index (χ0) is 9.07. The molecule has 66 valence electrons. The van der Waals surface area contributed by atoms with Crippen LogP contribution in [0.1, 0.15) is 13.8 Å². The largest absolute Gasteiger partial charge is 0.370 e. The summed E-state index contributed by atoms with van der Waals surface area (Å²) >= 11 is 16.1. The molecule has 3 nitrogen and oxygen atoms in total. The zero-order valence-electron chi connectivity index (χ0n) is 6.24. The van der Waals surface area contributed by atoms with Crippen LogP contribution in [-0.2, 0) is 0 Å². The number of rotatable bonds is 1. The van der Waals surface area contributed by atoms with Gasteiger partial charge in [0.15, 0.2) is 5.96 Å². The molecule has 0 atom stereocenters. The maximum Gasteiger partial charge on any atom is 0.268 e. The van der Waals surface area contributed by atoms with E-state index < -0.39 is 3.92 Å². The van der Waals surface area contributed by atoms with Crippen molar-refractivity contribution in [3.63, 3.8) is 0 Å². The highest BCUT2D eigenvalue weighted by Crippen LogP contribution is 2.21. The average Bonchev–Trinajstić information content (AvgIpc) is 1.53. The number of nitrogens with two attached hydrogens (primary N) is 1. The molecule has 0 heterocycles. The van der Waals surface area contributed by atoms with Crippen molar-refractivity contribution in [3.05, 3.63) is 0 Å². The van der Waals surface area contributed by atoms with Gasteiger partial charge < -0.3 is 11.1 Å². The third-order valence-electron chi connectivity index (χ3n) is 0.667. The van der Waals surface area contributed by atoms with E-state index in [0.29, 0.717) is 0 Å². The Bertz CT molecular complexity index is 150. The molecule has 0 bridgehead atoms. The molecule has 0 saturated carbocycles. The Kier molecular flexibility index (Phi) is 4.29. The predicted molar refractivity (Wildman–Crippen MR) is 50.2 cm³/mol. The van der Waals surface area contributed by atoms with Crippen LogP contribution >= 0.6 is 34.8 Å². The molecule has 0 unspecified atom stereocenters. The second-order valence-electron chi connectivity index (χ2n) is 2.23. The first-order valence-electron chi connectivity index (χ1n) is 2.99. The number of nitrogens with one attached hydrogen (secondary N) is 1. The lowest BCUT2D eigenvalue weighted by Gasteiger charge is -2.13. The van der Waals surface area contributed by atoms with Gasteiger partial charge in [-0.15, -0.1) is 0 Å². The Morgan fingerprint density at radius 1 is 1.45 bits per heavy atom. The van der Waals surface area contributed by atoms with Crippen molar-refractivity contribution in [3.8, 4) is 0 Å². The van der Waals surface area contributed by atoms with E-state index >= 15 is 0 Å². The Balaban J connectivity index is 3.97. The molecule has 0 aromatic carbocycles. The monoisotopic (exact) mass is 217 g/mol. The van der Waals surface area contributed by atoms with Crippen LogP contribution in [0.25, 0.3) is 0 Å². The number of guanidine groups is 1. The van der Waals surface area contributed by atoms with Crippen molar-refractivity contribution in [1.82, 2.24) is 5.32 Å². The van der Waals surface area contributed by atoms with Gasteiger partial charge in [-0.05, 0) is 13.8 Å². The summed E-state index contributed by atoms with van der Waals surface area (Å²) < 4.78 is -1.58. The summed E-state index contributed by atoms with van der Waals surface area (Å²) in [6, 6.07) is 0.0786. The third kappa shape index (κ3) is 8.04. The summed E-state index contributed by atoms with van der Waals surface area (Å²) in [5.41, 5.74) is 5.35. The zero-order valence-corrected chi connectivity index (χ0v) is 8.50. The maximum atomic E-state index is 5.37.